The predicted octanol–water partition coefficient (Wildman–Crippen LogP) is 17.5. The molecule has 3 nitrogen and oxygen atoms in total. The summed E-state index contributed by atoms with van der Waals surface area (Å²) < 4.78 is 8.98. The second-order valence-electron chi connectivity index (χ2n) is 16.8. The summed E-state index contributed by atoms with van der Waals surface area (Å²) in [4.78, 5) is 2.38. The zero-order valence-electron chi connectivity index (χ0n) is 35.4. The second kappa shape index (κ2) is 15.0. The molecule has 0 radical (unpaired) electrons. The summed E-state index contributed by atoms with van der Waals surface area (Å²) in [6.07, 6.45) is 0. The number of fused-ring (bicyclic) bond motifs is 9. The molecule has 304 valence electrons. The molecule has 13 aromatic rings. The predicted molar refractivity (Wildman–Crippen MR) is 274 cm³/mol. The minimum atomic E-state index is 0.852. The van der Waals surface area contributed by atoms with E-state index in [-0.39, 0.29) is 0 Å². The van der Waals surface area contributed by atoms with E-state index >= 15 is 0 Å². The third-order valence-corrected chi connectivity index (χ3v) is 13.2. The van der Waals surface area contributed by atoms with Crippen molar-refractivity contribution >= 4 is 82.4 Å². The summed E-state index contributed by atoms with van der Waals surface area (Å²) in [6.45, 7) is 0. The number of furan rings is 1. The molecule has 0 atom stereocenters. The Hall–Kier alpha value is -8.66. The highest BCUT2D eigenvalue weighted by Gasteiger charge is 2.22. The fourth-order valence-electron chi connectivity index (χ4n) is 10.2. The van der Waals surface area contributed by atoms with Crippen LogP contribution in [0.2, 0.25) is 0 Å². The molecule has 0 saturated heterocycles. The summed E-state index contributed by atoms with van der Waals surface area (Å²) in [5.74, 6) is 0. The van der Waals surface area contributed by atoms with E-state index in [0.29, 0.717) is 0 Å². The lowest BCUT2D eigenvalue weighted by molar-refractivity contribution is 0.669. The molecule has 0 aliphatic carbocycles. The van der Waals surface area contributed by atoms with E-state index in [4.69, 9.17) is 4.42 Å². The van der Waals surface area contributed by atoms with Gasteiger partial charge in [0.25, 0.3) is 0 Å². The SMILES string of the molecule is c1ccc(-c2cc(N(c3cccc(-c4cc5ccccc5c5ccccc45)c3)c3ccc4c(c3)oc3ccccc34)ccc2-c2ccccc2-n2c3ccccc3c3ccccc32)cc1. The van der Waals surface area contributed by atoms with Gasteiger partial charge in [-0.3, -0.25) is 0 Å². The van der Waals surface area contributed by atoms with Gasteiger partial charge in [-0.2, -0.15) is 0 Å². The van der Waals surface area contributed by atoms with Crippen LogP contribution in [0, 0.1) is 0 Å². The number of para-hydroxylation sites is 4. The van der Waals surface area contributed by atoms with Crippen molar-refractivity contribution in [2.45, 2.75) is 0 Å². The first kappa shape index (κ1) is 36.9. The fraction of sp³-hybridized carbons (Fsp3) is 0. The van der Waals surface area contributed by atoms with E-state index < -0.39 is 0 Å². The average Bonchev–Trinajstić information content (AvgIpc) is 3.92. The number of anilines is 3. The molecular formula is C62H40N2O. The molecule has 13 rings (SSSR count). The maximum Gasteiger partial charge on any atom is 0.137 e. The summed E-state index contributed by atoms with van der Waals surface area (Å²) in [5, 5.41) is 9.67. The lowest BCUT2D eigenvalue weighted by Gasteiger charge is -2.27. The average molecular weight is 829 g/mol. The third-order valence-electron chi connectivity index (χ3n) is 13.2. The van der Waals surface area contributed by atoms with Gasteiger partial charge in [-0.05, 0) is 116 Å². The van der Waals surface area contributed by atoms with Gasteiger partial charge in [0.15, 0.2) is 0 Å². The van der Waals surface area contributed by atoms with Crippen molar-refractivity contribution in [2.24, 2.45) is 0 Å². The second-order valence-corrected chi connectivity index (χ2v) is 16.8. The third kappa shape index (κ3) is 6.05. The number of hydrogen-bond acceptors (Lipinski definition) is 2. The van der Waals surface area contributed by atoms with Gasteiger partial charge in [0.05, 0.1) is 16.7 Å². The molecule has 0 aliphatic heterocycles. The highest BCUT2D eigenvalue weighted by atomic mass is 16.3. The fourth-order valence-corrected chi connectivity index (χ4v) is 10.2. The number of benzene rings is 11. The topological polar surface area (TPSA) is 21.3 Å². The number of hydrogen-bond donors (Lipinski definition) is 0. The van der Waals surface area contributed by atoms with Gasteiger partial charge >= 0.3 is 0 Å². The quantitative estimate of drug-likeness (QED) is 0.149. The van der Waals surface area contributed by atoms with E-state index in [2.05, 4.69) is 240 Å². The minimum absolute atomic E-state index is 0.852. The van der Waals surface area contributed by atoms with Crippen molar-refractivity contribution in [1.29, 1.82) is 0 Å². The normalized spacial score (nSPS) is 11.7. The van der Waals surface area contributed by atoms with Crippen molar-refractivity contribution < 1.29 is 4.42 Å². The van der Waals surface area contributed by atoms with Gasteiger partial charge in [0.2, 0.25) is 0 Å². The molecule has 0 bridgehead atoms. The lowest BCUT2D eigenvalue weighted by Crippen LogP contribution is -2.10. The first-order valence-corrected chi connectivity index (χ1v) is 22.2. The minimum Gasteiger partial charge on any atom is -0.456 e. The van der Waals surface area contributed by atoms with E-state index in [1.54, 1.807) is 0 Å². The van der Waals surface area contributed by atoms with Crippen LogP contribution in [-0.4, -0.2) is 4.57 Å². The summed E-state index contributed by atoms with van der Waals surface area (Å²) in [7, 11) is 0. The summed E-state index contributed by atoms with van der Waals surface area (Å²) in [6, 6.07) is 87.8. The van der Waals surface area contributed by atoms with Gasteiger partial charge in [-0.1, -0.05) is 170 Å². The number of aromatic nitrogens is 1. The molecule has 2 heterocycles. The van der Waals surface area contributed by atoms with Gasteiger partial charge < -0.3 is 13.9 Å². The van der Waals surface area contributed by atoms with Crippen LogP contribution in [0.4, 0.5) is 17.1 Å². The van der Waals surface area contributed by atoms with Crippen molar-refractivity contribution in [3.63, 3.8) is 0 Å². The Bertz CT molecular complexity index is 3920. The van der Waals surface area contributed by atoms with Crippen LogP contribution >= 0.6 is 0 Å². The molecular weight excluding hydrogens is 789 g/mol. The van der Waals surface area contributed by atoms with Crippen LogP contribution in [0.25, 0.3) is 104 Å². The first-order valence-electron chi connectivity index (χ1n) is 22.2. The van der Waals surface area contributed by atoms with Crippen molar-refractivity contribution in [3.05, 3.63) is 243 Å². The Morgan fingerprint density at radius 1 is 0.292 bits per heavy atom. The van der Waals surface area contributed by atoms with E-state index in [9.17, 15) is 0 Å². The van der Waals surface area contributed by atoms with Gasteiger partial charge in [0.1, 0.15) is 11.2 Å². The van der Waals surface area contributed by atoms with Crippen LogP contribution in [0.15, 0.2) is 247 Å². The Kier molecular flexibility index (Phi) is 8.53. The molecule has 2 aromatic heterocycles. The van der Waals surface area contributed by atoms with Crippen molar-refractivity contribution in [3.8, 4) is 39.1 Å². The van der Waals surface area contributed by atoms with Crippen LogP contribution in [-0.2, 0) is 0 Å². The molecule has 11 aromatic carbocycles. The lowest BCUT2D eigenvalue weighted by atomic mass is 9.92. The van der Waals surface area contributed by atoms with Gasteiger partial charge in [-0.25, -0.2) is 0 Å². The highest BCUT2D eigenvalue weighted by Crippen LogP contribution is 2.46. The Morgan fingerprint density at radius 3 is 1.69 bits per heavy atom. The molecule has 0 aliphatic rings. The molecule has 0 unspecified atom stereocenters. The summed E-state index contributed by atoms with van der Waals surface area (Å²) in [5.41, 5.74) is 15.3. The number of nitrogens with zero attached hydrogens (tertiary/aromatic N) is 2. The Labute approximate surface area is 376 Å². The Morgan fingerprint density at radius 2 is 0.877 bits per heavy atom. The largest absolute Gasteiger partial charge is 0.456 e. The molecule has 0 N–H and O–H groups in total. The molecule has 0 saturated carbocycles. The first-order chi connectivity index (χ1) is 32.2. The molecule has 3 heteroatoms. The van der Waals surface area contributed by atoms with Crippen LogP contribution in [0.5, 0.6) is 0 Å². The maximum atomic E-state index is 6.55. The molecule has 0 spiro atoms. The van der Waals surface area contributed by atoms with E-state index in [0.717, 1.165) is 72.5 Å². The number of rotatable bonds is 7. The maximum absolute atomic E-state index is 6.55. The van der Waals surface area contributed by atoms with Crippen molar-refractivity contribution in [1.82, 2.24) is 4.57 Å². The van der Waals surface area contributed by atoms with E-state index in [1.165, 1.54) is 48.9 Å². The van der Waals surface area contributed by atoms with Gasteiger partial charge in [-0.15, -0.1) is 0 Å². The van der Waals surface area contributed by atoms with Crippen molar-refractivity contribution in [2.75, 3.05) is 4.90 Å². The van der Waals surface area contributed by atoms with E-state index in [1.807, 2.05) is 12.1 Å². The van der Waals surface area contributed by atoms with Gasteiger partial charge in [0, 0.05) is 50.2 Å². The van der Waals surface area contributed by atoms with Crippen LogP contribution in [0.1, 0.15) is 0 Å². The molecule has 0 amide bonds. The molecule has 65 heavy (non-hydrogen) atoms. The zero-order chi connectivity index (χ0) is 42.8. The van der Waals surface area contributed by atoms with Crippen LogP contribution < -0.4 is 4.90 Å². The highest BCUT2D eigenvalue weighted by molar-refractivity contribution is 6.14. The van der Waals surface area contributed by atoms with Crippen LogP contribution in [0.3, 0.4) is 0 Å². The zero-order valence-corrected chi connectivity index (χ0v) is 35.4. The smallest absolute Gasteiger partial charge is 0.137 e. The Balaban J connectivity index is 1.04. The summed E-state index contributed by atoms with van der Waals surface area (Å²) >= 11 is 0. The monoisotopic (exact) mass is 828 g/mol. The standard InChI is InChI=1S/C62H40N2O/c1-2-17-41(18-3-1)57-39-45(33-35-50(57)51-25-8-12-29-58(51)64-59-30-13-9-26-52(59)53-27-10-14-31-60(53)64)63(46-34-36-55-54-28-11-15-32-61(54)65-62(55)40-46)44-21-16-20-42(37-44)56-38-43-19-4-5-22-47(43)48-23-6-7-24-49(48)56/h1-40H. The molecule has 0 fully saturated rings.